The van der Waals surface area contributed by atoms with Crippen molar-refractivity contribution in [3.8, 4) is 0 Å². The van der Waals surface area contributed by atoms with Gasteiger partial charge in [0, 0.05) is 71.3 Å². The van der Waals surface area contributed by atoms with E-state index in [9.17, 15) is 57.8 Å². The Hall–Kier alpha value is -7.19. The summed E-state index contributed by atoms with van der Waals surface area (Å²) in [4.78, 5) is 152. The van der Waals surface area contributed by atoms with E-state index in [-0.39, 0.29) is 79.6 Å². The highest BCUT2D eigenvalue weighted by Gasteiger charge is 2.44. The number of nitrogens with zero attached hydrogens (tertiary/aromatic N) is 3. The van der Waals surface area contributed by atoms with E-state index in [4.69, 9.17) is 15.2 Å². The summed E-state index contributed by atoms with van der Waals surface area (Å²) in [5.41, 5.74) is 6.75. The Morgan fingerprint density at radius 3 is 1.96 bits per heavy atom. The maximum atomic E-state index is 14.7. The zero-order chi connectivity index (χ0) is 68.9. The lowest BCUT2D eigenvalue weighted by Crippen LogP contribution is -2.59. The maximum Gasteiger partial charge on any atom is 0.410 e. The minimum absolute atomic E-state index is 0.0991. The van der Waals surface area contributed by atoms with Gasteiger partial charge in [0.05, 0.1) is 35.5 Å². The molecule has 514 valence electrons. The van der Waals surface area contributed by atoms with Crippen LogP contribution in [0.1, 0.15) is 151 Å². The van der Waals surface area contributed by atoms with Crippen LogP contribution in [0.15, 0.2) is 54.6 Å². The normalized spacial score (nSPS) is 16.6. The number of unbranched alkanes of at least 4 members (excludes halogenated alkanes) is 2. The molecule has 0 saturated carbocycles. The fraction of sp³-hybridized carbons (Fsp3) is 0.652. The number of primary amides is 1. The molecule has 1 fully saturated rings. The summed E-state index contributed by atoms with van der Waals surface area (Å²) in [6.45, 7) is 18.5. The van der Waals surface area contributed by atoms with Crippen LogP contribution in [0.25, 0.3) is 0 Å². The van der Waals surface area contributed by atoms with Crippen molar-refractivity contribution in [3.63, 3.8) is 0 Å². The molecule has 1 saturated heterocycles. The Morgan fingerprint density at radius 1 is 0.739 bits per heavy atom. The second kappa shape index (κ2) is 40.0. The van der Waals surface area contributed by atoms with Gasteiger partial charge in [-0.3, -0.25) is 43.3 Å². The molecule has 0 aliphatic carbocycles. The third-order valence-corrected chi connectivity index (χ3v) is 17.5. The lowest BCUT2D eigenvalue weighted by Gasteiger charge is -2.40. The number of likely N-dealkylation sites (N-methyl/N-ethyl adjacent to an activating group) is 2. The molecule has 0 unspecified atom stereocenters. The fourth-order valence-corrected chi connectivity index (χ4v) is 11.8. The lowest BCUT2D eigenvalue weighted by molar-refractivity contribution is -0.145. The number of hydrogen-bond donors (Lipinski definition) is 9. The van der Waals surface area contributed by atoms with Crippen LogP contribution in [0.3, 0.4) is 0 Å². The first-order valence-electron chi connectivity index (χ1n) is 32.2. The molecule has 12 atom stereocenters. The lowest BCUT2D eigenvalue weighted by atomic mass is 9.84. The van der Waals surface area contributed by atoms with Gasteiger partial charge in [0.2, 0.25) is 47.3 Å². The summed E-state index contributed by atoms with van der Waals surface area (Å²) in [6.07, 6.45) is 2.11. The summed E-state index contributed by atoms with van der Waals surface area (Å²) in [7, 11) is 4.46. The predicted octanol–water partition coefficient (Wildman–Crippen LogP) is 5.46. The van der Waals surface area contributed by atoms with E-state index in [1.165, 1.54) is 19.1 Å². The Kier molecular flexibility index (Phi) is 34.4. The number of benzene rings is 2. The molecule has 2 aromatic rings. The quantitative estimate of drug-likeness (QED) is 0.0228. The van der Waals surface area contributed by atoms with Crippen LogP contribution in [0.5, 0.6) is 0 Å². The predicted molar refractivity (Wildman–Crippen MR) is 353 cm³/mol. The van der Waals surface area contributed by atoms with Crippen LogP contribution in [0.2, 0.25) is 0 Å². The Morgan fingerprint density at radius 2 is 1.38 bits per heavy atom. The number of nitrogens with one attached hydrogen (secondary N) is 7. The van der Waals surface area contributed by atoms with E-state index in [0.717, 1.165) is 4.90 Å². The van der Waals surface area contributed by atoms with E-state index in [2.05, 4.69) is 53.1 Å². The van der Waals surface area contributed by atoms with Gasteiger partial charge >= 0.3 is 12.1 Å². The van der Waals surface area contributed by atoms with Gasteiger partial charge in [-0.15, -0.1) is 0 Å². The molecule has 92 heavy (non-hydrogen) atoms. The van der Waals surface area contributed by atoms with Crippen LogP contribution in [-0.4, -0.2) is 180 Å². The van der Waals surface area contributed by atoms with Gasteiger partial charge in [-0.2, -0.15) is 0 Å². The minimum Gasteiger partial charge on any atom is -0.445 e. The number of rotatable bonds is 39. The van der Waals surface area contributed by atoms with Gasteiger partial charge in [0.15, 0.2) is 0 Å². The highest BCUT2D eigenvalue weighted by molar-refractivity contribution is 9.09. The third kappa shape index (κ3) is 24.7. The molecular weight excluding hydrogens is 1250 g/mol. The molecule has 1 aliphatic heterocycles. The molecule has 0 radical (unpaired) electrons. The number of aliphatic hydroxyl groups is 1. The summed E-state index contributed by atoms with van der Waals surface area (Å²) >= 11 is 3.10. The standard InChI is InChI=1S/C66H104BrN11O14/c1-14-42(8)57(47(37-79)35-53(82)78-34-22-26-50(78)59(91-13)43(9)60(84)71-44(10)58(83)46-23-17-15-18-24-46)76(11)64(88)55(40(4)5)75-63(87)56(41(6)7)77(12)66(90)92-38-45-28-30-48(31-29-45)72-61(85)49(25-21-33-70-65(68)89)73-62(86)54(39(2)3)74-51(80)27-19-16-20-32-69-52(81)36-67/h15,17-18,23-24,28-31,37,39-44,47,49-50,54-59,83H,14,16,19-22,25-27,32-36,38H2,1-13H3,(H,69,81)(H,71,84)(H,72,85)(H,73,86)(H,74,80)(H,75,87)(H3,68,70,89)/t42-,43+,44+,47-,49-,50-,54-,55-,56-,57-,58+,59+/m0/s1. The van der Waals surface area contributed by atoms with Crippen molar-refractivity contribution in [1.29, 1.82) is 0 Å². The molecule has 11 amide bonds. The number of aliphatic hydroxyl groups excluding tert-OH is 1. The fourth-order valence-electron chi connectivity index (χ4n) is 11.6. The van der Waals surface area contributed by atoms with Gasteiger partial charge in [-0.1, -0.05) is 134 Å². The van der Waals surface area contributed by atoms with Crippen molar-refractivity contribution >= 4 is 87.3 Å². The summed E-state index contributed by atoms with van der Waals surface area (Å²) in [5.74, 6) is -6.67. The van der Waals surface area contributed by atoms with E-state index >= 15 is 0 Å². The molecule has 1 heterocycles. The van der Waals surface area contributed by atoms with Crippen LogP contribution in [-0.2, 0) is 59.2 Å². The average Bonchev–Trinajstić information content (AvgIpc) is 1.45. The van der Waals surface area contributed by atoms with Crippen molar-refractivity contribution in [2.24, 2.45) is 41.2 Å². The molecule has 25 nitrogen and oxygen atoms in total. The molecule has 0 bridgehead atoms. The van der Waals surface area contributed by atoms with Crippen molar-refractivity contribution in [3.05, 3.63) is 65.7 Å². The third-order valence-electron chi connectivity index (χ3n) is 17.0. The van der Waals surface area contributed by atoms with Gasteiger partial charge in [-0.25, -0.2) is 9.59 Å². The van der Waals surface area contributed by atoms with Crippen LogP contribution in [0.4, 0.5) is 15.3 Å². The topological polar surface area (TPSA) is 346 Å². The monoisotopic (exact) mass is 1350 g/mol. The number of urea groups is 1. The number of ether oxygens (including phenoxy) is 2. The number of methoxy groups -OCH3 is 1. The van der Waals surface area contributed by atoms with Crippen molar-refractivity contribution in [1.82, 2.24) is 46.6 Å². The van der Waals surface area contributed by atoms with Crippen LogP contribution >= 0.6 is 15.9 Å². The first-order valence-corrected chi connectivity index (χ1v) is 33.3. The smallest absolute Gasteiger partial charge is 0.410 e. The van der Waals surface area contributed by atoms with E-state index < -0.39 is 114 Å². The molecule has 1 aliphatic rings. The van der Waals surface area contributed by atoms with Crippen molar-refractivity contribution in [2.45, 2.75) is 195 Å². The van der Waals surface area contributed by atoms with Gasteiger partial charge in [0.25, 0.3) is 0 Å². The largest absolute Gasteiger partial charge is 0.445 e. The number of halogens is 1. The number of amides is 11. The first kappa shape index (κ1) is 79.0. The molecule has 0 aromatic heterocycles. The van der Waals surface area contributed by atoms with E-state index in [1.54, 1.807) is 116 Å². The molecular formula is C66H104BrN11O14. The molecule has 3 rings (SSSR count). The molecule has 0 spiro atoms. The van der Waals surface area contributed by atoms with Crippen molar-refractivity contribution in [2.75, 3.05) is 51.5 Å². The number of nitrogens with two attached hydrogens (primary N) is 1. The number of carbonyl (C=O) groups is 11. The summed E-state index contributed by atoms with van der Waals surface area (Å²) in [5, 5.41) is 30.5. The van der Waals surface area contributed by atoms with E-state index in [1.807, 2.05) is 19.9 Å². The van der Waals surface area contributed by atoms with Gasteiger partial charge < -0.3 is 72.1 Å². The zero-order valence-electron chi connectivity index (χ0n) is 56.1. The first-order chi connectivity index (χ1) is 43.5. The molecule has 2 aromatic carbocycles. The van der Waals surface area contributed by atoms with E-state index in [0.29, 0.717) is 74.7 Å². The Labute approximate surface area is 551 Å². The highest BCUT2D eigenvalue weighted by Crippen LogP contribution is 2.31. The Bertz CT molecular complexity index is 2720. The van der Waals surface area contributed by atoms with Crippen LogP contribution in [0, 0.1) is 35.5 Å². The average molecular weight is 1360 g/mol. The minimum atomic E-state index is -1.12. The number of anilines is 1. The number of likely N-dealkylation sites (tertiary alicyclic amines) is 1. The maximum absolute atomic E-state index is 14.7. The number of aldehydes is 1. The number of alkyl halides is 1. The molecule has 10 N–H and O–H groups in total. The highest BCUT2D eigenvalue weighted by atomic mass is 79.9. The van der Waals surface area contributed by atoms with Crippen LogP contribution < -0.4 is 43.0 Å². The number of carbonyl (C=O) groups excluding carboxylic acids is 11. The van der Waals surface area contributed by atoms with Gasteiger partial charge in [0.1, 0.15) is 37.1 Å². The Balaban J connectivity index is 1.69. The van der Waals surface area contributed by atoms with Crippen molar-refractivity contribution < 1.29 is 67.3 Å². The molecule has 26 heteroatoms. The second-order valence-electron chi connectivity index (χ2n) is 25.1. The van der Waals surface area contributed by atoms with Gasteiger partial charge in [-0.05, 0) is 92.4 Å². The summed E-state index contributed by atoms with van der Waals surface area (Å²) in [6, 6.07) is 8.45. The number of hydrogen-bond acceptors (Lipinski definition) is 14. The SMILES string of the molecule is CC[C@H](C)[C@@H]([C@H](C=O)CC(=O)N1CCC[C@H]1[C@H](OC)[C@@H](C)C(=O)N[C@H](C)[C@@H](O)c1ccccc1)N(C)C(=O)[C@@H](NC(=O)[C@H](C(C)C)N(C)C(=O)OCc1ccc(NC(=O)[C@H](CCCNC(N)=O)NC(=O)[C@@H](NC(=O)CCCCCNC(=O)CBr)C(C)C)cc1)C(C)C. The zero-order valence-corrected chi connectivity index (χ0v) is 57.7. The second-order valence-corrected chi connectivity index (χ2v) is 25.7. The summed E-state index contributed by atoms with van der Waals surface area (Å²) < 4.78 is 11.6.